The van der Waals surface area contributed by atoms with E-state index in [1.807, 2.05) is 0 Å². The van der Waals surface area contributed by atoms with Crippen LogP contribution >= 0.6 is 0 Å². The van der Waals surface area contributed by atoms with Gasteiger partial charge in [-0.2, -0.15) is 0 Å². The molecule has 0 saturated carbocycles. The van der Waals surface area contributed by atoms with Gasteiger partial charge < -0.3 is 89.9 Å². The van der Waals surface area contributed by atoms with Gasteiger partial charge in [-0.3, -0.25) is 4.79 Å². The Hall–Kier alpha value is -3.29. The second-order valence-corrected chi connectivity index (χ2v) is 26.7. The summed E-state index contributed by atoms with van der Waals surface area (Å²) in [5.41, 5.74) is 0. The first-order chi connectivity index (χ1) is 47.3. The number of hydrogen-bond acceptors (Lipinski definition) is 18. The van der Waals surface area contributed by atoms with Gasteiger partial charge in [-0.25, -0.2) is 0 Å². The molecule has 12 N–H and O–H groups in total. The van der Waals surface area contributed by atoms with Crippen molar-refractivity contribution < 1.29 is 89.4 Å². The van der Waals surface area contributed by atoms with Gasteiger partial charge >= 0.3 is 0 Å². The molecule has 3 rings (SSSR count). The molecule has 3 heterocycles. The molecule has 3 saturated heterocycles. The molecule has 0 aromatic rings. The Balaban J connectivity index is 1.40. The molecular weight excluding hydrogens is 1240 g/mol. The average Bonchev–Trinajstić information content (AvgIpc) is 0.798. The number of carbonyl (C=O) groups is 1. The minimum Gasteiger partial charge on any atom is -0.394 e. The quantitative estimate of drug-likeness (QED) is 0.0199. The summed E-state index contributed by atoms with van der Waals surface area (Å²) in [6.07, 6.45) is 50.4. The summed E-state index contributed by atoms with van der Waals surface area (Å²) >= 11 is 0. The highest BCUT2D eigenvalue weighted by atomic mass is 16.8. The molecule has 0 radical (unpaired) electrons. The fourth-order valence-electron chi connectivity index (χ4n) is 12.3. The second-order valence-electron chi connectivity index (χ2n) is 26.7. The summed E-state index contributed by atoms with van der Waals surface area (Å²) in [5, 5.41) is 121. The number of rotatable bonds is 58. The second kappa shape index (κ2) is 58.2. The molecule has 17 atom stereocenters. The lowest BCUT2D eigenvalue weighted by Crippen LogP contribution is -2.66. The standard InChI is InChI=1S/C78H135NO18/c1-3-5-7-9-11-13-15-17-19-21-23-25-26-27-28-29-30-31-32-33-34-36-38-40-42-44-46-48-50-52-54-56-66(84)79-61(62(83)55-53-51-49-47-45-43-41-39-37-35-24-22-20-18-16-14-12-10-8-6-4-2)60-92-76-72(90)69(87)74(64(58-81)94-76)97-78-73(91)70(88)75(65(59-82)95-78)96-77-71(89)68(86)67(85)63(57-80)93-77/h5,7,11,13,17,19,23,25,27-28,30-31,33-34,38,40,61-65,67-78,80-83,85-91H,3-4,6,8-10,12,14-16,18,20-22,24,26,29,32,35-37,39,41-60H2,1-2H3,(H,79,84)/b7-5-,13-11-,19-17-,25-23-,28-27-,31-30-,34-33-,40-38-. The summed E-state index contributed by atoms with van der Waals surface area (Å²) in [7, 11) is 0. The Bertz CT molecular complexity index is 2130. The maximum atomic E-state index is 13.5. The number of amides is 1. The molecule has 3 fully saturated rings. The van der Waals surface area contributed by atoms with Crippen molar-refractivity contribution >= 4 is 5.91 Å². The van der Waals surface area contributed by atoms with Gasteiger partial charge in [0.25, 0.3) is 0 Å². The Kier molecular flexibility index (Phi) is 52.8. The molecule has 19 nitrogen and oxygen atoms in total. The van der Waals surface area contributed by atoms with Gasteiger partial charge in [-0.15, -0.1) is 0 Å². The van der Waals surface area contributed by atoms with E-state index in [0.717, 1.165) is 116 Å². The number of nitrogens with one attached hydrogen (secondary N) is 1. The van der Waals surface area contributed by atoms with Gasteiger partial charge in [0, 0.05) is 6.42 Å². The van der Waals surface area contributed by atoms with E-state index in [2.05, 4.69) is 116 Å². The fraction of sp³-hybridized carbons (Fsp3) is 0.782. The van der Waals surface area contributed by atoms with Crippen molar-refractivity contribution in [2.45, 2.75) is 362 Å². The van der Waals surface area contributed by atoms with Crippen LogP contribution in [-0.4, -0.2) is 193 Å². The average molecular weight is 1370 g/mol. The van der Waals surface area contributed by atoms with E-state index in [1.165, 1.54) is 109 Å². The molecule has 3 aliphatic rings. The lowest BCUT2D eigenvalue weighted by molar-refractivity contribution is -0.379. The van der Waals surface area contributed by atoms with Crippen LogP contribution in [0.15, 0.2) is 97.2 Å². The zero-order chi connectivity index (χ0) is 70.4. The highest BCUT2D eigenvalue weighted by Crippen LogP contribution is 2.33. The van der Waals surface area contributed by atoms with E-state index in [4.69, 9.17) is 28.4 Å². The number of hydrogen-bond donors (Lipinski definition) is 12. The molecule has 19 heteroatoms. The van der Waals surface area contributed by atoms with Crippen molar-refractivity contribution in [2.24, 2.45) is 0 Å². The fourth-order valence-corrected chi connectivity index (χ4v) is 12.3. The largest absolute Gasteiger partial charge is 0.394 e. The van der Waals surface area contributed by atoms with Crippen LogP contribution in [0.2, 0.25) is 0 Å². The van der Waals surface area contributed by atoms with Gasteiger partial charge in [-0.1, -0.05) is 272 Å². The number of carbonyl (C=O) groups excluding carboxylic acids is 1. The Morgan fingerprint density at radius 3 is 1.11 bits per heavy atom. The minimum atomic E-state index is -1.98. The Morgan fingerprint density at radius 1 is 0.381 bits per heavy atom. The molecule has 0 aromatic heterocycles. The van der Waals surface area contributed by atoms with Crippen LogP contribution in [0, 0.1) is 0 Å². The van der Waals surface area contributed by atoms with Crippen LogP contribution < -0.4 is 5.32 Å². The number of ether oxygens (including phenoxy) is 6. The molecular formula is C78H135NO18. The number of unbranched alkanes of at least 4 members (excludes halogenated alkanes) is 26. The minimum absolute atomic E-state index is 0.243. The third-order valence-corrected chi connectivity index (χ3v) is 18.4. The molecule has 0 spiro atoms. The maximum Gasteiger partial charge on any atom is 0.220 e. The van der Waals surface area contributed by atoms with Gasteiger partial charge in [0.1, 0.15) is 73.2 Å². The number of allylic oxidation sites excluding steroid dienone is 16. The van der Waals surface area contributed by atoms with Crippen molar-refractivity contribution in [1.82, 2.24) is 5.32 Å². The normalized spacial score (nSPS) is 27.5. The van der Waals surface area contributed by atoms with Crippen LogP contribution in [0.25, 0.3) is 0 Å². The zero-order valence-corrected chi connectivity index (χ0v) is 59.5. The zero-order valence-electron chi connectivity index (χ0n) is 59.5. The van der Waals surface area contributed by atoms with Gasteiger partial charge in [0.05, 0.1) is 38.6 Å². The van der Waals surface area contributed by atoms with Gasteiger partial charge in [-0.05, 0) is 77.0 Å². The van der Waals surface area contributed by atoms with Crippen molar-refractivity contribution in [3.05, 3.63) is 97.2 Å². The lowest BCUT2D eigenvalue weighted by atomic mass is 9.96. The van der Waals surface area contributed by atoms with Crippen LogP contribution in [-0.2, 0) is 33.2 Å². The number of aliphatic hydroxyl groups excluding tert-OH is 11. The van der Waals surface area contributed by atoms with E-state index in [-0.39, 0.29) is 18.9 Å². The SMILES string of the molecule is CC/C=C\C/C=C\C/C=C\C/C=C\C/C=C\C/C=C\C/C=C\C/C=C\CCCCCCCCC(=O)NC(COC1OC(CO)C(OC2OC(CO)C(OC3OC(CO)C(O)C(O)C3O)C(O)C2O)C(O)C1O)C(O)CCCCCCCCCCCCCCCCCCCCCCC. The smallest absolute Gasteiger partial charge is 0.220 e. The molecule has 17 unspecified atom stereocenters. The van der Waals surface area contributed by atoms with E-state index in [1.54, 1.807) is 0 Å². The first kappa shape index (κ1) is 87.9. The maximum absolute atomic E-state index is 13.5. The molecule has 1 amide bonds. The number of aliphatic hydroxyl groups is 11. The highest BCUT2D eigenvalue weighted by molar-refractivity contribution is 5.76. The molecule has 0 bridgehead atoms. The molecule has 3 aliphatic heterocycles. The lowest BCUT2D eigenvalue weighted by Gasteiger charge is -2.48. The third-order valence-electron chi connectivity index (χ3n) is 18.4. The van der Waals surface area contributed by atoms with Gasteiger partial charge in [0.2, 0.25) is 5.91 Å². The topological polar surface area (TPSA) is 307 Å². The monoisotopic (exact) mass is 1370 g/mol. The predicted molar refractivity (Wildman–Crippen MR) is 383 cm³/mol. The Labute approximate surface area is 583 Å². The highest BCUT2D eigenvalue weighted by Gasteiger charge is 2.53. The van der Waals surface area contributed by atoms with Crippen molar-refractivity contribution in [1.29, 1.82) is 0 Å². The van der Waals surface area contributed by atoms with E-state index >= 15 is 0 Å². The summed E-state index contributed by atoms with van der Waals surface area (Å²) in [6.45, 7) is 1.69. The molecule has 97 heavy (non-hydrogen) atoms. The summed E-state index contributed by atoms with van der Waals surface area (Å²) in [4.78, 5) is 13.5. The predicted octanol–water partition coefficient (Wildman–Crippen LogP) is 11.6. The van der Waals surface area contributed by atoms with Crippen molar-refractivity contribution in [3.63, 3.8) is 0 Å². The molecule has 560 valence electrons. The third kappa shape index (κ3) is 39.1. The first-order valence-electron chi connectivity index (χ1n) is 38.0. The van der Waals surface area contributed by atoms with E-state index in [9.17, 15) is 61.0 Å². The van der Waals surface area contributed by atoms with Crippen molar-refractivity contribution in [2.75, 3.05) is 26.4 Å². The molecule has 0 aliphatic carbocycles. The van der Waals surface area contributed by atoms with Crippen LogP contribution in [0.5, 0.6) is 0 Å². The Morgan fingerprint density at radius 2 is 0.711 bits per heavy atom. The van der Waals surface area contributed by atoms with Crippen LogP contribution in [0.3, 0.4) is 0 Å². The van der Waals surface area contributed by atoms with Crippen molar-refractivity contribution in [3.8, 4) is 0 Å². The van der Waals surface area contributed by atoms with E-state index in [0.29, 0.717) is 12.8 Å². The first-order valence-corrected chi connectivity index (χ1v) is 38.0. The summed E-state index contributed by atoms with van der Waals surface area (Å²) in [5.74, 6) is -0.259. The van der Waals surface area contributed by atoms with Crippen LogP contribution in [0.1, 0.15) is 258 Å². The summed E-state index contributed by atoms with van der Waals surface area (Å²) in [6, 6.07) is -0.904. The van der Waals surface area contributed by atoms with Crippen LogP contribution in [0.4, 0.5) is 0 Å². The van der Waals surface area contributed by atoms with E-state index < -0.39 is 124 Å². The van der Waals surface area contributed by atoms with Gasteiger partial charge in [0.15, 0.2) is 18.9 Å². The summed E-state index contributed by atoms with van der Waals surface area (Å²) < 4.78 is 34.5. The molecule has 0 aromatic carbocycles.